The fourth-order valence-electron chi connectivity index (χ4n) is 2.59. The molecule has 174 valence electrons. The van der Waals surface area contributed by atoms with Crippen LogP contribution in [0.4, 0.5) is 0 Å². The van der Waals surface area contributed by atoms with Crippen LogP contribution in [0.2, 0.25) is 0 Å². The fraction of sp³-hybridized carbons (Fsp3) is 0.500. The molecule has 2 unspecified atom stereocenters. The largest absolute Gasteiger partial charge is 0.492 e. The third-order valence-corrected chi connectivity index (χ3v) is 7.57. The lowest BCUT2D eigenvalue weighted by Crippen LogP contribution is -2.33. The molecular weight excluding hydrogens is 493 g/mol. The topological polar surface area (TPSA) is 273 Å². The third-order valence-electron chi connectivity index (χ3n) is 3.77. The number of fused-ring (bicyclic) bond motifs is 1. The first-order chi connectivity index (χ1) is 14.2. The van der Waals surface area contributed by atoms with Crippen molar-refractivity contribution in [3.05, 3.63) is 12.7 Å². The minimum atomic E-state index is -5.71. The summed E-state index contributed by atoms with van der Waals surface area (Å²) < 4.78 is 51.7. The number of imidazole rings is 1. The molecule has 18 nitrogen and oxygen atoms in total. The maximum absolute atomic E-state index is 11.8. The molecule has 1 aliphatic heterocycles. The molecule has 0 radical (unpaired) electrons. The van der Waals surface area contributed by atoms with Crippen LogP contribution < -0.4 is 0 Å². The van der Waals surface area contributed by atoms with Crippen LogP contribution in [0.5, 0.6) is 5.88 Å². The van der Waals surface area contributed by atoms with Gasteiger partial charge in [0, 0.05) is 0 Å². The first-order valence-electron chi connectivity index (χ1n) is 7.85. The molecule has 0 saturated carbocycles. The van der Waals surface area contributed by atoms with Gasteiger partial charge in [-0.3, -0.25) is 9.09 Å². The molecule has 3 rings (SSSR count). The number of hydrogen-bond acceptors (Lipinski definition) is 13. The minimum absolute atomic E-state index is 0.0253. The van der Waals surface area contributed by atoms with Crippen LogP contribution in [0.25, 0.3) is 11.2 Å². The predicted molar refractivity (Wildman–Crippen MR) is 92.7 cm³/mol. The molecule has 7 N–H and O–H groups in total. The zero-order valence-corrected chi connectivity index (χ0v) is 17.5. The minimum Gasteiger partial charge on any atom is -0.492 e. The van der Waals surface area contributed by atoms with Gasteiger partial charge in [0.15, 0.2) is 17.4 Å². The Kier molecular flexibility index (Phi) is 6.68. The maximum atomic E-state index is 11.8. The van der Waals surface area contributed by atoms with E-state index in [1.807, 2.05) is 0 Å². The van der Waals surface area contributed by atoms with E-state index in [1.165, 1.54) is 0 Å². The molecule has 0 aromatic carbocycles. The van der Waals surface area contributed by atoms with Crippen LogP contribution in [0.3, 0.4) is 0 Å². The van der Waals surface area contributed by atoms with E-state index in [-0.39, 0.29) is 11.2 Å². The van der Waals surface area contributed by atoms with Gasteiger partial charge >= 0.3 is 23.5 Å². The highest BCUT2D eigenvalue weighted by molar-refractivity contribution is 7.66. The number of aromatic nitrogens is 4. The van der Waals surface area contributed by atoms with Gasteiger partial charge < -0.3 is 39.6 Å². The van der Waals surface area contributed by atoms with Crippen molar-refractivity contribution in [2.24, 2.45) is 0 Å². The van der Waals surface area contributed by atoms with Gasteiger partial charge in [-0.2, -0.15) is 13.6 Å². The Labute approximate surface area is 171 Å². The van der Waals surface area contributed by atoms with Crippen LogP contribution in [-0.2, 0) is 31.6 Å². The van der Waals surface area contributed by atoms with Crippen molar-refractivity contribution in [3.8, 4) is 5.88 Å². The first kappa shape index (κ1) is 24.3. The van der Waals surface area contributed by atoms with Crippen molar-refractivity contribution < 1.29 is 66.5 Å². The molecule has 2 aromatic heterocycles. The molecule has 0 aliphatic carbocycles. The number of aliphatic hydroxyl groups excluding tert-OH is 2. The number of nitrogens with zero attached hydrogens (tertiary/aromatic N) is 4. The van der Waals surface area contributed by atoms with Gasteiger partial charge in [0.1, 0.15) is 24.6 Å². The Morgan fingerprint density at radius 2 is 1.68 bits per heavy atom. The van der Waals surface area contributed by atoms with E-state index in [1.54, 1.807) is 0 Å². The molecule has 21 heteroatoms. The number of ether oxygens (including phenoxy) is 1. The molecule has 6 atom stereocenters. The quantitative estimate of drug-likeness (QED) is 0.200. The molecule has 31 heavy (non-hydrogen) atoms. The predicted octanol–water partition coefficient (Wildman–Crippen LogP) is -1.51. The van der Waals surface area contributed by atoms with Gasteiger partial charge in [0.25, 0.3) is 0 Å². The van der Waals surface area contributed by atoms with Crippen LogP contribution in [0, 0.1) is 0 Å². The van der Waals surface area contributed by atoms with Gasteiger partial charge in [-0.1, -0.05) is 0 Å². The monoisotopic (exact) mass is 508 g/mol. The van der Waals surface area contributed by atoms with E-state index in [0.29, 0.717) is 0 Å². The smallest absolute Gasteiger partial charge is 0.490 e. The lowest BCUT2D eigenvalue weighted by atomic mass is 10.1. The summed E-state index contributed by atoms with van der Waals surface area (Å²) in [6.45, 7) is -0.981. The normalized spacial score (nSPS) is 28.5. The van der Waals surface area contributed by atoms with Crippen molar-refractivity contribution in [3.63, 3.8) is 0 Å². The molecular formula is C10H15N4O14P3. The van der Waals surface area contributed by atoms with Gasteiger partial charge in [-0.25, -0.2) is 23.7 Å². The average molecular weight is 508 g/mol. The highest BCUT2D eigenvalue weighted by atomic mass is 31.3. The highest BCUT2D eigenvalue weighted by Crippen LogP contribution is 2.66. The summed E-state index contributed by atoms with van der Waals surface area (Å²) in [7, 11) is -16.7. The molecule has 0 bridgehead atoms. The molecule has 1 fully saturated rings. The van der Waals surface area contributed by atoms with Crippen LogP contribution in [-0.4, -0.2) is 79.3 Å². The van der Waals surface area contributed by atoms with Gasteiger partial charge in [0.05, 0.1) is 12.9 Å². The second-order valence-corrected chi connectivity index (χ2v) is 10.4. The summed E-state index contributed by atoms with van der Waals surface area (Å²) in [5.41, 5.74) is -0.0122. The second kappa shape index (κ2) is 8.53. The van der Waals surface area contributed by atoms with E-state index < -0.39 is 60.5 Å². The van der Waals surface area contributed by atoms with Crippen LogP contribution in [0.1, 0.15) is 6.23 Å². The molecule has 1 saturated heterocycles. The van der Waals surface area contributed by atoms with Crippen molar-refractivity contribution >= 4 is 34.6 Å². The van der Waals surface area contributed by atoms with Gasteiger partial charge in [-0.15, -0.1) is 0 Å². The zero-order valence-electron chi connectivity index (χ0n) is 14.8. The van der Waals surface area contributed by atoms with Crippen molar-refractivity contribution in [2.75, 3.05) is 6.61 Å². The zero-order chi connectivity index (χ0) is 23.2. The van der Waals surface area contributed by atoms with Crippen molar-refractivity contribution in [1.29, 1.82) is 0 Å². The van der Waals surface area contributed by atoms with Crippen LogP contribution >= 0.6 is 23.5 Å². The van der Waals surface area contributed by atoms with Crippen molar-refractivity contribution in [1.82, 2.24) is 19.5 Å². The standard InChI is InChI=1S/C10H15N4O14P3/c15-6-4(1-25-30(21,22)28-31(23,24)27-29(18,19)20)26-10(7(6)16)14-3-13-5-8(14)11-2-12-9(5)17/h2-4,6-7,10,15-16H,1H2,(H,21,22)(H,23,24)(H,11,12,17)(H2,18,19,20)/t4-,6-,7-,10-/m1/s1. The van der Waals surface area contributed by atoms with E-state index in [4.69, 9.17) is 19.4 Å². The van der Waals surface area contributed by atoms with E-state index in [9.17, 15) is 33.9 Å². The molecule has 0 amide bonds. The average Bonchev–Trinajstić information content (AvgIpc) is 3.13. The lowest BCUT2D eigenvalue weighted by molar-refractivity contribution is -0.0503. The van der Waals surface area contributed by atoms with Gasteiger partial charge in [-0.05, 0) is 0 Å². The summed E-state index contributed by atoms with van der Waals surface area (Å²) in [5.74, 6) is -0.457. The Morgan fingerprint density at radius 1 is 1.00 bits per heavy atom. The maximum Gasteiger partial charge on any atom is 0.490 e. The molecule has 1 aliphatic rings. The number of phosphoric acid groups is 3. The summed E-state index contributed by atoms with van der Waals surface area (Å²) >= 11 is 0. The number of aliphatic hydroxyl groups is 2. The summed E-state index contributed by atoms with van der Waals surface area (Å²) in [6, 6.07) is 0. The number of phosphoric ester groups is 1. The van der Waals surface area contributed by atoms with Gasteiger partial charge in [0.2, 0.25) is 5.88 Å². The second-order valence-electron chi connectivity index (χ2n) is 5.95. The lowest BCUT2D eigenvalue weighted by Gasteiger charge is -2.19. The Bertz CT molecular complexity index is 1100. The summed E-state index contributed by atoms with van der Waals surface area (Å²) in [5, 5.41) is 30.0. The Balaban J connectivity index is 1.69. The highest BCUT2D eigenvalue weighted by Gasteiger charge is 2.47. The van der Waals surface area contributed by atoms with Crippen molar-refractivity contribution in [2.45, 2.75) is 24.5 Å². The van der Waals surface area contributed by atoms with E-state index >= 15 is 0 Å². The summed E-state index contributed by atoms with van der Waals surface area (Å²) in [4.78, 5) is 46.8. The fourth-order valence-corrected chi connectivity index (χ4v) is 5.62. The molecule has 0 spiro atoms. The Hall–Kier alpha value is -1.36. The van der Waals surface area contributed by atoms with Crippen LogP contribution in [0.15, 0.2) is 12.7 Å². The Morgan fingerprint density at radius 3 is 2.32 bits per heavy atom. The third kappa shape index (κ3) is 5.71. The summed E-state index contributed by atoms with van der Waals surface area (Å²) in [6.07, 6.45) is -4.05. The SMILES string of the molecule is O=P(O)(O)OP(=O)(O)OP(=O)(O)OC[C@H]1O[C@@H](n2cnc3c(O)ncnc32)[C@H](O)[C@@H]1O. The van der Waals surface area contributed by atoms with E-state index in [2.05, 4.69) is 28.1 Å². The molecule has 2 aromatic rings. The number of aromatic hydroxyl groups is 1. The van der Waals surface area contributed by atoms with E-state index in [0.717, 1.165) is 17.2 Å². The number of hydrogen-bond donors (Lipinski definition) is 7. The number of rotatable bonds is 8. The molecule has 3 heterocycles. The first-order valence-corrected chi connectivity index (χ1v) is 12.4.